The molecule has 3 heterocycles. The Kier molecular flexibility index (Phi) is 4.12. The maximum atomic E-state index is 12.1. The third-order valence-corrected chi connectivity index (χ3v) is 4.31. The van der Waals surface area contributed by atoms with Crippen LogP contribution < -0.4 is 11.1 Å². The Morgan fingerprint density at radius 2 is 2.27 bits per heavy atom. The third kappa shape index (κ3) is 3.29. The quantitative estimate of drug-likeness (QED) is 0.861. The number of aromatic nitrogens is 2. The fraction of sp³-hybridized carbons (Fsp3) is 0.286. The summed E-state index contributed by atoms with van der Waals surface area (Å²) in [5.41, 5.74) is 6.55. The van der Waals surface area contributed by atoms with E-state index < -0.39 is 0 Å². The second kappa shape index (κ2) is 6.20. The highest BCUT2D eigenvalue weighted by molar-refractivity contribution is 7.15. The summed E-state index contributed by atoms with van der Waals surface area (Å²) in [7, 11) is 0. The number of amides is 2. The molecule has 0 aromatic carbocycles. The molecule has 1 aliphatic rings. The number of pyridine rings is 1. The van der Waals surface area contributed by atoms with Crippen LogP contribution in [0.5, 0.6) is 0 Å². The fourth-order valence-corrected chi connectivity index (χ4v) is 3.36. The minimum Gasteiger partial charge on any atom is -0.369 e. The lowest BCUT2D eigenvalue weighted by Gasteiger charge is -2.24. The molecule has 0 saturated heterocycles. The number of nitrogens with zero attached hydrogens (tertiary/aromatic N) is 3. The van der Waals surface area contributed by atoms with E-state index in [-0.39, 0.29) is 18.4 Å². The van der Waals surface area contributed by atoms with E-state index in [4.69, 9.17) is 5.73 Å². The molecule has 2 amide bonds. The van der Waals surface area contributed by atoms with Gasteiger partial charge >= 0.3 is 0 Å². The molecule has 3 rings (SSSR count). The molecule has 7 nitrogen and oxygen atoms in total. The van der Waals surface area contributed by atoms with Gasteiger partial charge in [-0.1, -0.05) is 6.07 Å². The first kappa shape index (κ1) is 14.6. The van der Waals surface area contributed by atoms with Crippen LogP contribution in [0.25, 0.3) is 0 Å². The zero-order valence-electron chi connectivity index (χ0n) is 11.8. The Morgan fingerprint density at radius 3 is 3.00 bits per heavy atom. The molecule has 2 aromatic rings. The van der Waals surface area contributed by atoms with E-state index in [1.165, 1.54) is 11.3 Å². The molecule has 0 saturated carbocycles. The molecule has 0 bridgehead atoms. The Hall–Kier alpha value is -2.32. The number of fused-ring (bicyclic) bond motifs is 1. The summed E-state index contributed by atoms with van der Waals surface area (Å²) in [6, 6.07) is 5.17. The Morgan fingerprint density at radius 1 is 1.41 bits per heavy atom. The molecular weight excluding hydrogens is 302 g/mol. The molecule has 0 radical (unpaired) electrons. The van der Waals surface area contributed by atoms with Crippen LogP contribution in [0.2, 0.25) is 0 Å². The van der Waals surface area contributed by atoms with Gasteiger partial charge in [0.25, 0.3) is 5.91 Å². The lowest BCUT2D eigenvalue weighted by molar-refractivity contribution is -0.119. The van der Waals surface area contributed by atoms with Crippen molar-refractivity contribution in [2.45, 2.75) is 13.0 Å². The predicted molar refractivity (Wildman–Crippen MR) is 82.5 cm³/mol. The van der Waals surface area contributed by atoms with E-state index in [9.17, 15) is 9.59 Å². The van der Waals surface area contributed by atoms with Gasteiger partial charge in [0.2, 0.25) is 5.91 Å². The molecule has 22 heavy (non-hydrogen) atoms. The summed E-state index contributed by atoms with van der Waals surface area (Å²) in [4.78, 5) is 34.5. The highest BCUT2D eigenvalue weighted by Crippen LogP contribution is 2.28. The standard InChI is InChI=1S/C14H15N5O2S/c15-12(20)8-19-6-4-9-11(7-19)22-14(17-9)18-13(21)10-3-1-2-5-16-10/h1-3,5H,4,6-8H2,(H2,15,20)(H,17,18,21). The maximum Gasteiger partial charge on any atom is 0.276 e. The topological polar surface area (TPSA) is 101 Å². The van der Waals surface area contributed by atoms with Crippen LogP contribution >= 0.6 is 11.3 Å². The molecule has 114 valence electrons. The van der Waals surface area contributed by atoms with Crippen molar-refractivity contribution < 1.29 is 9.59 Å². The zero-order chi connectivity index (χ0) is 15.5. The molecule has 8 heteroatoms. The van der Waals surface area contributed by atoms with Gasteiger partial charge in [-0.05, 0) is 12.1 Å². The van der Waals surface area contributed by atoms with Crippen LogP contribution in [0.4, 0.5) is 5.13 Å². The van der Waals surface area contributed by atoms with E-state index in [0.29, 0.717) is 17.4 Å². The Bertz CT molecular complexity index is 701. The van der Waals surface area contributed by atoms with Crippen LogP contribution in [0.1, 0.15) is 21.1 Å². The van der Waals surface area contributed by atoms with Gasteiger partial charge in [-0.3, -0.25) is 24.8 Å². The first-order valence-electron chi connectivity index (χ1n) is 6.83. The van der Waals surface area contributed by atoms with Crippen molar-refractivity contribution in [2.75, 3.05) is 18.4 Å². The summed E-state index contributed by atoms with van der Waals surface area (Å²) in [6.07, 6.45) is 2.32. The van der Waals surface area contributed by atoms with Crippen molar-refractivity contribution in [3.8, 4) is 0 Å². The zero-order valence-corrected chi connectivity index (χ0v) is 12.6. The smallest absolute Gasteiger partial charge is 0.276 e. The number of anilines is 1. The van der Waals surface area contributed by atoms with Crippen molar-refractivity contribution in [3.63, 3.8) is 0 Å². The molecule has 0 spiro atoms. The van der Waals surface area contributed by atoms with Gasteiger partial charge < -0.3 is 5.73 Å². The highest BCUT2D eigenvalue weighted by Gasteiger charge is 2.22. The van der Waals surface area contributed by atoms with Crippen LogP contribution in [0, 0.1) is 0 Å². The lowest BCUT2D eigenvalue weighted by atomic mass is 10.2. The molecule has 2 aromatic heterocycles. The van der Waals surface area contributed by atoms with E-state index >= 15 is 0 Å². The minimum atomic E-state index is -0.336. The van der Waals surface area contributed by atoms with E-state index in [2.05, 4.69) is 15.3 Å². The summed E-state index contributed by atoms with van der Waals surface area (Å²) in [5, 5.41) is 3.32. The minimum absolute atomic E-state index is 0.243. The number of carbonyl (C=O) groups is 2. The Balaban J connectivity index is 1.69. The van der Waals surface area contributed by atoms with Gasteiger partial charge in [-0.15, -0.1) is 11.3 Å². The van der Waals surface area contributed by atoms with Crippen molar-refractivity contribution >= 4 is 28.3 Å². The second-order valence-corrected chi connectivity index (χ2v) is 6.07. The van der Waals surface area contributed by atoms with Gasteiger partial charge in [0.1, 0.15) is 5.69 Å². The predicted octanol–water partition coefficient (Wildman–Crippen LogP) is 0.634. The molecular formula is C14H15N5O2S. The van der Waals surface area contributed by atoms with E-state index in [1.807, 2.05) is 4.90 Å². The van der Waals surface area contributed by atoms with Crippen molar-refractivity contribution in [1.29, 1.82) is 0 Å². The normalized spacial score (nSPS) is 14.4. The van der Waals surface area contributed by atoms with Gasteiger partial charge in [-0.25, -0.2) is 4.98 Å². The number of carbonyl (C=O) groups excluding carboxylic acids is 2. The van der Waals surface area contributed by atoms with Gasteiger partial charge in [0.15, 0.2) is 5.13 Å². The van der Waals surface area contributed by atoms with E-state index in [1.54, 1.807) is 24.4 Å². The van der Waals surface area contributed by atoms with Gasteiger partial charge in [0.05, 0.1) is 12.2 Å². The van der Waals surface area contributed by atoms with Crippen LogP contribution in [-0.4, -0.2) is 39.8 Å². The summed E-state index contributed by atoms with van der Waals surface area (Å²) in [5.74, 6) is -0.614. The maximum absolute atomic E-state index is 12.1. The molecule has 1 aliphatic heterocycles. The SMILES string of the molecule is NC(=O)CN1CCc2nc(NC(=O)c3ccccn3)sc2C1. The third-order valence-electron chi connectivity index (χ3n) is 3.31. The van der Waals surface area contributed by atoms with Crippen LogP contribution in [0.3, 0.4) is 0 Å². The van der Waals surface area contributed by atoms with Gasteiger partial charge in [-0.2, -0.15) is 0 Å². The Labute approximate surface area is 131 Å². The number of thiazole rings is 1. The first-order chi connectivity index (χ1) is 10.6. The average molecular weight is 317 g/mol. The summed E-state index contributed by atoms with van der Waals surface area (Å²) in [6.45, 7) is 1.62. The second-order valence-electron chi connectivity index (χ2n) is 4.98. The molecule has 3 N–H and O–H groups in total. The van der Waals surface area contributed by atoms with Crippen molar-refractivity contribution in [2.24, 2.45) is 5.73 Å². The monoisotopic (exact) mass is 317 g/mol. The first-order valence-corrected chi connectivity index (χ1v) is 7.65. The molecule has 0 unspecified atom stereocenters. The largest absolute Gasteiger partial charge is 0.369 e. The van der Waals surface area contributed by atoms with Crippen LogP contribution in [-0.2, 0) is 17.8 Å². The lowest BCUT2D eigenvalue weighted by Crippen LogP contribution is -2.37. The average Bonchev–Trinajstić information content (AvgIpc) is 2.89. The highest BCUT2D eigenvalue weighted by atomic mass is 32.1. The summed E-state index contributed by atoms with van der Waals surface area (Å²) >= 11 is 1.42. The fourth-order valence-electron chi connectivity index (χ4n) is 2.32. The summed E-state index contributed by atoms with van der Waals surface area (Å²) < 4.78 is 0. The number of rotatable bonds is 4. The van der Waals surface area contributed by atoms with E-state index in [0.717, 1.165) is 23.5 Å². The number of hydrogen-bond acceptors (Lipinski definition) is 6. The molecule has 0 fully saturated rings. The molecule has 0 aliphatic carbocycles. The van der Waals surface area contributed by atoms with Gasteiger partial charge in [0, 0.05) is 30.6 Å². The number of hydrogen-bond donors (Lipinski definition) is 2. The van der Waals surface area contributed by atoms with Crippen LogP contribution in [0.15, 0.2) is 24.4 Å². The van der Waals surface area contributed by atoms with Crippen molar-refractivity contribution in [1.82, 2.24) is 14.9 Å². The molecule has 0 atom stereocenters. The number of nitrogens with one attached hydrogen (secondary N) is 1. The number of nitrogens with two attached hydrogens (primary N) is 1. The van der Waals surface area contributed by atoms with Crippen molar-refractivity contribution in [3.05, 3.63) is 40.7 Å². The number of primary amides is 1.